The molecule has 0 atom stereocenters. The first-order chi connectivity index (χ1) is 13.2. The molecule has 2 aromatic carbocycles. The molecule has 2 heterocycles. The number of esters is 1. The number of tetrazole rings is 1. The summed E-state index contributed by atoms with van der Waals surface area (Å²) < 4.78 is 20.1. The second kappa shape index (κ2) is 7.42. The smallest absolute Gasteiger partial charge is 0.317 e. The summed E-state index contributed by atoms with van der Waals surface area (Å²) in [7, 11) is 0. The normalized spacial score (nSPS) is 10.7. The van der Waals surface area contributed by atoms with Gasteiger partial charge in [0.2, 0.25) is 0 Å². The predicted molar refractivity (Wildman–Crippen MR) is 96.0 cm³/mol. The monoisotopic (exact) mass is 381 g/mol. The van der Waals surface area contributed by atoms with E-state index < -0.39 is 5.97 Å². The van der Waals surface area contributed by atoms with E-state index in [1.165, 1.54) is 34.5 Å². The van der Waals surface area contributed by atoms with Crippen LogP contribution in [0.25, 0.3) is 16.3 Å². The van der Waals surface area contributed by atoms with Crippen molar-refractivity contribution >= 4 is 17.3 Å². The topological polar surface area (TPSA) is 82.8 Å². The number of halogens is 1. The average molecular weight is 381 g/mol. The first-order valence-electron chi connectivity index (χ1n) is 7.92. The summed E-state index contributed by atoms with van der Waals surface area (Å²) in [5, 5.41) is 13.3. The van der Waals surface area contributed by atoms with Crippen LogP contribution in [0.15, 0.2) is 60.2 Å². The highest BCUT2D eigenvalue weighted by molar-refractivity contribution is 7.13. The average Bonchev–Trinajstić information content (AvgIpc) is 3.34. The molecule has 4 aromatic rings. The maximum Gasteiger partial charge on any atom is 0.317 e. The first kappa shape index (κ1) is 17.0. The van der Waals surface area contributed by atoms with E-state index in [0.29, 0.717) is 22.0 Å². The lowest BCUT2D eigenvalue weighted by Gasteiger charge is -2.04. The number of carbonyl (C=O) groups excluding carboxylic acids is 1. The van der Waals surface area contributed by atoms with Gasteiger partial charge in [-0.2, -0.15) is 0 Å². The number of benzene rings is 2. The van der Waals surface area contributed by atoms with E-state index in [2.05, 4.69) is 20.5 Å². The molecule has 7 nitrogen and oxygen atoms in total. The minimum atomic E-state index is -0.429. The molecule has 0 N–H and O–H groups in total. The van der Waals surface area contributed by atoms with Gasteiger partial charge in [0.25, 0.3) is 0 Å². The van der Waals surface area contributed by atoms with Gasteiger partial charge in [0.15, 0.2) is 0 Å². The third kappa shape index (κ3) is 4.04. The summed E-state index contributed by atoms with van der Waals surface area (Å²) in [6, 6.07) is 13.0. The predicted octanol–water partition coefficient (Wildman–Crippen LogP) is 3.07. The number of rotatable bonds is 5. The zero-order valence-electron chi connectivity index (χ0n) is 13.8. The molecule has 0 saturated carbocycles. The number of ether oxygens (including phenoxy) is 1. The zero-order valence-corrected chi connectivity index (χ0v) is 14.6. The van der Waals surface area contributed by atoms with Gasteiger partial charge in [-0.15, -0.1) is 16.4 Å². The molecule has 0 radical (unpaired) electrons. The van der Waals surface area contributed by atoms with E-state index in [0.717, 1.165) is 5.69 Å². The number of hydrogen-bond donors (Lipinski definition) is 0. The molecular formula is C18H12FN5O2S. The van der Waals surface area contributed by atoms with Crippen LogP contribution in [0.3, 0.4) is 0 Å². The van der Waals surface area contributed by atoms with Crippen molar-refractivity contribution in [2.24, 2.45) is 0 Å². The number of nitrogens with zero attached hydrogens (tertiary/aromatic N) is 5. The van der Waals surface area contributed by atoms with E-state index in [1.54, 1.807) is 41.8 Å². The lowest BCUT2D eigenvalue weighted by atomic mass is 10.2. The highest BCUT2D eigenvalue weighted by Gasteiger charge is 2.12. The number of carbonyl (C=O) groups is 1. The van der Waals surface area contributed by atoms with Gasteiger partial charge in [-0.25, -0.2) is 14.1 Å². The molecule has 27 heavy (non-hydrogen) atoms. The van der Waals surface area contributed by atoms with Gasteiger partial charge in [-0.1, -0.05) is 12.1 Å². The van der Waals surface area contributed by atoms with Crippen LogP contribution in [-0.2, 0) is 11.2 Å². The SMILES string of the molecule is O=C(Cc1csc(-c2cccc(F)c2)n1)Oc1ccc(-n2cnnn2)cc1. The Balaban J connectivity index is 1.40. The summed E-state index contributed by atoms with van der Waals surface area (Å²) in [5.41, 5.74) is 2.01. The molecule has 0 aliphatic rings. The second-order valence-corrected chi connectivity index (χ2v) is 6.41. The summed E-state index contributed by atoms with van der Waals surface area (Å²) >= 11 is 1.35. The van der Waals surface area contributed by atoms with Crippen LogP contribution >= 0.6 is 11.3 Å². The number of thiazole rings is 1. The first-order valence-corrected chi connectivity index (χ1v) is 8.80. The van der Waals surface area contributed by atoms with Crippen molar-refractivity contribution in [3.63, 3.8) is 0 Å². The molecule has 9 heteroatoms. The number of aromatic nitrogens is 5. The molecule has 0 aliphatic carbocycles. The molecule has 0 spiro atoms. The van der Waals surface area contributed by atoms with Crippen molar-refractivity contribution in [2.75, 3.05) is 0 Å². The quantitative estimate of drug-likeness (QED) is 0.390. The van der Waals surface area contributed by atoms with Crippen molar-refractivity contribution in [3.8, 4) is 22.0 Å². The van der Waals surface area contributed by atoms with Crippen molar-refractivity contribution < 1.29 is 13.9 Å². The summed E-state index contributed by atoms with van der Waals surface area (Å²) in [5.74, 6) is -0.340. The Labute approximate surface area is 157 Å². The van der Waals surface area contributed by atoms with E-state index in [-0.39, 0.29) is 12.2 Å². The molecule has 0 amide bonds. The molecule has 0 bridgehead atoms. The Morgan fingerprint density at radius 3 is 2.78 bits per heavy atom. The highest BCUT2D eigenvalue weighted by atomic mass is 32.1. The maximum absolute atomic E-state index is 13.3. The lowest BCUT2D eigenvalue weighted by molar-refractivity contribution is -0.133. The van der Waals surface area contributed by atoms with Crippen LogP contribution < -0.4 is 4.74 Å². The summed E-state index contributed by atoms with van der Waals surface area (Å²) in [4.78, 5) is 16.5. The standard InChI is InChI=1S/C18H12FN5O2S/c19-13-3-1-2-12(8-13)18-21-14(10-27-18)9-17(25)26-16-6-4-15(5-7-16)24-11-20-22-23-24/h1-8,10-11H,9H2. The minimum absolute atomic E-state index is 0.0283. The van der Waals surface area contributed by atoms with Gasteiger partial charge in [0.05, 0.1) is 17.8 Å². The van der Waals surface area contributed by atoms with Gasteiger partial charge in [-0.3, -0.25) is 4.79 Å². The van der Waals surface area contributed by atoms with Crippen LogP contribution in [-0.4, -0.2) is 31.2 Å². The van der Waals surface area contributed by atoms with Crippen LogP contribution in [0.5, 0.6) is 5.75 Å². The fourth-order valence-electron chi connectivity index (χ4n) is 2.40. The Kier molecular flexibility index (Phi) is 4.67. The van der Waals surface area contributed by atoms with E-state index >= 15 is 0 Å². The van der Waals surface area contributed by atoms with Gasteiger partial charge < -0.3 is 4.74 Å². The molecule has 0 aliphatic heterocycles. The molecule has 0 unspecified atom stereocenters. The van der Waals surface area contributed by atoms with Crippen LogP contribution in [0, 0.1) is 5.82 Å². The van der Waals surface area contributed by atoms with E-state index in [4.69, 9.17) is 4.74 Å². The minimum Gasteiger partial charge on any atom is -0.426 e. The van der Waals surface area contributed by atoms with Gasteiger partial charge >= 0.3 is 5.97 Å². The van der Waals surface area contributed by atoms with E-state index in [1.807, 2.05) is 0 Å². The van der Waals surface area contributed by atoms with Crippen molar-refractivity contribution in [2.45, 2.75) is 6.42 Å². The fraction of sp³-hybridized carbons (Fsp3) is 0.0556. The molecule has 134 valence electrons. The molecule has 0 saturated heterocycles. The van der Waals surface area contributed by atoms with Crippen molar-refractivity contribution in [1.82, 2.24) is 25.2 Å². The Morgan fingerprint density at radius 1 is 1.19 bits per heavy atom. The lowest BCUT2D eigenvalue weighted by Crippen LogP contribution is -2.11. The van der Waals surface area contributed by atoms with Crippen LogP contribution in [0.1, 0.15) is 5.69 Å². The van der Waals surface area contributed by atoms with Crippen LogP contribution in [0.4, 0.5) is 4.39 Å². The second-order valence-electron chi connectivity index (χ2n) is 5.55. The summed E-state index contributed by atoms with van der Waals surface area (Å²) in [6.45, 7) is 0. The van der Waals surface area contributed by atoms with Crippen LogP contribution in [0.2, 0.25) is 0 Å². The Morgan fingerprint density at radius 2 is 2.04 bits per heavy atom. The van der Waals surface area contributed by atoms with Gasteiger partial charge in [-0.05, 0) is 46.8 Å². The van der Waals surface area contributed by atoms with Gasteiger partial charge in [0.1, 0.15) is 22.9 Å². The highest BCUT2D eigenvalue weighted by Crippen LogP contribution is 2.24. The molecule has 2 aromatic heterocycles. The van der Waals surface area contributed by atoms with Gasteiger partial charge in [0, 0.05) is 10.9 Å². The third-order valence-electron chi connectivity index (χ3n) is 3.63. The Bertz CT molecular complexity index is 1060. The number of hydrogen-bond acceptors (Lipinski definition) is 7. The largest absolute Gasteiger partial charge is 0.426 e. The molecule has 4 rings (SSSR count). The van der Waals surface area contributed by atoms with Crippen molar-refractivity contribution in [3.05, 3.63) is 71.7 Å². The molecule has 0 fully saturated rings. The third-order valence-corrected chi connectivity index (χ3v) is 4.57. The van der Waals surface area contributed by atoms with E-state index in [9.17, 15) is 9.18 Å². The van der Waals surface area contributed by atoms with Crippen molar-refractivity contribution in [1.29, 1.82) is 0 Å². The molecular weight excluding hydrogens is 369 g/mol. The summed E-state index contributed by atoms with van der Waals surface area (Å²) in [6.07, 6.45) is 1.50. The fourth-order valence-corrected chi connectivity index (χ4v) is 3.22. The zero-order chi connectivity index (χ0) is 18.6. The maximum atomic E-state index is 13.3. The Hall–Kier alpha value is -3.46.